The number of aromatic carboxylic acids is 1. The predicted molar refractivity (Wildman–Crippen MR) is 69.7 cm³/mol. The quantitative estimate of drug-likeness (QED) is 0.600. The normalized spacial score (nSPS) is 10.9. The van der Waals surface area contributed by atoms with Gasteiger partial charge in [0.2, 0.25) is 0 Å². The second-order valence-electron chi connectivity index (χ2n) is 3.71. The molecule has 0 saturated heterocycles. The zero-order valence-electron chi connectivity index (χ0n) is 10.2. The van der Waals surface area contributed by atoms with E-state index in [4.69, 9.17) is 16.3 Å². The van der Waals surface area contributed by atoms with Crippen LogP contribution in [-0.4, -0.2) is 38.5 Å². The molecule has 0 aliphatic heterocycles. The number of benzene rings is 1. The first-order valence-corrected chi connectivity index (χ1v) is 7.20. The SMILES string of the molecule is C#CCCOCCS(=O)(=O)c1ccc(C(=O)O)cc1. The molecular weight excluding hydrogens is 268 g/mol. The van der Waals surface area contributed by atoms with Gasteiger partial charge in [0.05, 0.1) is 29.4 Å². The molecule has 0 spiro atoms. The Labute approximate surface area is 112 Å². The maximum atomic E-state index is 11.9. The van der Waals surface area contributed by atoms with Gasteiger partial charge >= 0.3 is 5.97 Å². The molecule has 0 fully saturated rings. The van der Waals surface area contributed by atoms with Gasteiger partial charge in [-0.25, -0.2) is 13.2 Å². The molecule has 1 rings (SSSR count). The van der Waals surface area contributed by atoms with Crippen LogP contribution in [0.5, 0.6) is 0 Å². The van der Waals surface area contributed by atoms with Gasteiger partial charge in [0, 0.05) is 6.42 Å². The zero-order chi connectivity index (χ0) is 14.3. The molecule has 5 nitrogen and oxygen atoms in total. The molecule has 0 aromatic heterocycles. The summed E-state index contributed by atoms with van der Waals surface area (Å²) in [5, 5.41) is 8.72. The summed E-state index contributed by atoms with van der Waals surface area (Å²) in [5.41, 5.74) is 0.0456. The lowest BCUT2D eigenvalue weighted by Crippen LogP contribution is -2.13. The fourth-order valence-corrected chi connectivity index (χ4v) is 2.45. The van der Waals surface area contributed by atoms with E-state index >= 15 is 0 Å². The van der Waals surface area contributed by atoms with Crippen molar-refractivity contribution < 1.29 is 23.1 Å². The van der Waals surface area contributed by atoms with Gasteiger partial charge in [-0.2, -0.15) is 0 Å². The van der Waals surface area contributed by atoms with E-state index in [0.29, 0.717) is 13.0 Å². The lowest BCUT2D eigenvalue weighted by molar-refractivity contribution is 0.0696. The van der Waals surface area contributed by atoms with Crippen LogP contribution in [0.15, 0.2) is 29.2 Å². The van der Waals surface area contributed by atoms with Gasteiger partial charge in [-0.05, 0) is 24.3 Å². The topological polar surface area (TPSA) is 80.7 Å². The van der Waals surface area contributed by atoms with Crippen molar-refractivity contribution in [1.82, 2.24) is 0 Å². The summed E-state index contributed by atoms with van der Waals surface area (Å²) < 4.78 is 28.8. The molecule has 1 aromatic rings. The lowest BCUT2D eigenvalue weighted by atomic mass is 10.2. The average molecular weight is 282 g/mol. The second-order valence-corrected chi connectivity index (χ2v) is 5.82. The van der Waals surface area contributed by atoms with Crippen LogP contribution in [-0.2, 0) is 14.6 Å². The minimum atomic E-state index is -3.46. The van der Waals surface area contributed by atoms with Crippen molar-refractivity contribution in [3.63, 3.8) is 0 Å². The number of hydrogen-bond donors (Lipinski definition) is 1. The van der Waals surface area contributed by atoms with Crippen molar-refractivity contribution in [3.05, 3.63) is 29.8 Å². The van der Waals surface area contributed by atoms with Crippen LogP contribution in [0.25, 0.3) is 0 Å². The van der Waals surface area contributed by atoms with Gasteiger partial charge < -0.3 is 9.84 Å². The average Bonchev–Trinajstić information content (AvgIpc) is 2.38. The third-order valence-corrected chi connectivity index (χ3v) is 4.04. The largest absolute Gasteiger partial charge is 0.478 e. The van der Waals surface area contributed by atoms with Crippen molar-refractivity contribution in [2.24, 2.45) is 0 Å². The highest BCUT2D eigenvalue weighted by Gasteiger charge is 2.14. The van der Waals surface area contributed by atoms with Crippen LogP contribution >= 0.6 is 0 Å². The summed E-state index contributed by atoms with van der Waals surface area (Å²) in [6, 6.07) is 5.07. The molecule has 0 radical (unpaired) electrons. The van der Waals surface area contributed by atoms with E-state index in [9.17, 15) is 13.2 Å². The fourth-order valence-electron chi connectivity index (χ4n) is 1.32. The Balaban J connectivity index is 2.62. The number of carboxylic acid groups (broad SMARTS) is 1. The second kappa shape index (κ2) is 6.92. The summed E-state index contributed by atoms with van der Waals surface area (Å²) in [6.07, 6.45) is 5.47. The van der Waals surface area contributed by atoms with E-state index in [1.165, 1.54) is 24.3 Å². The number of carboxylic acids is 1. The minimum absolute atomic E-state index is 0.0456. The van der Waals surface area contributed by atoms with Crippen molar-refractivity contribution >= 4 is 15.8 Å². The first-order valence-electron chi connectivity index (χ1n) is 5.54. The predicted octanol–water partition coefficient (Wildman–Crippen LogP) is 1.20. The number of terminal acetylenes is 1. The van der Waals surface area contributed by atoms with Gasteiger partial charge in [0.1, 0.15) is 0 Å². The summed E-state index contributed by atoms with van der Waals surface area (Å²) in [4.78, 5) is 10.7. The Hall–Kier alpha value is -1.84. The fraction of sp³-hybridized carbons (Fsp3) is 0.308. The molecule has 0 bridgehead atoms. The third kappa shape index (κ3) is 4.73. The highest BCUT2D eigenvalue weighted by Crippen LogP contribution is 2.12. The van der Waals surface area contributed by atoms with E-state index in [1.807, 2.05) is 0 Å². The number of sulfone groups is 1. The van der Waals surface area contributed by atoms with Gasteiger partial charge in [-0.3, -0.25) is 0 Å². The number of hydrogen-bond acceptors (Lipinski definition) is 4. The van der Waals surface area contributed by atoms with Crippen molar-refractivity contribution in [3.8, 4) is 12.3 Å². The van der Waals surface area contributed by atoms with E-state index in [-0.39, 0.29) is 22.8 Å². The molecule has 1 N–H and O–H groups in total. The van der Waals surface area contributed by atoms with Crippen LogP contribution in [0.1, 0.15) is 16.8 Å². The Kier molecular flexibility index (Phi) is 5.55. The standard InChI is InChI=1S/C13H14O5S/c1-2-3-8-18-9-10-19(16,17)12-6-4-11(5-7-12)13(14)15/h1,4-7H,3,8-10H2,(H,14,15). The lowest BCUT2D eigenvalue weighted by Gasteiger charge is -2.05. The first-order chi connectivity index (χ1) is 8.97. The Morgan fingerprint density at radius 1 is 1.26 bits per heavy atom. The van der Waals surface area contributed by atoms with Crippen LogP contribution in [0.3, 0.4) is 0 Å². The van der Waals surface area contributed by atoms with Crippen LogP contribution in [0.4, 0.5) is 0 Å². The first kappa shape index (κ1) is 15.2. The Morgan fingerprint density at radius 2 is 1.89 bits per heavy atom. The summed E-state index contributed by atoms with van der Waals surface area (Å²) >= 11 is 0. The van der Waals surface area contributed by atoms with E-state index in [2.05, 4.69) is 5.92 Å². The van der Waals surface area contributed by atoms with E-state index in [1.54, 1.807) is 0 Å². The third-order valence-electron chi connectivity index (χ3n) is 2.35. The molecule has 0 aliphatic rings. The molecule has 0 atom stereocenters. The number of rotatable bonds is 7. The van der Waals surface area contributed by atoms with Gasteiger partial charge in [-0.15, -0.1) is 12.3 Å². The molecule has 0 saturated carbocycles. The van der Waals surface area contributed by atoms with E-state index < -0.39 is 15.8 Å². The molecule has 102 valence electrons. The van der Waals surface area contributed by atoms with Crippen LogP contribution in [0.2, 0.25) is 0 Å². The molecular formula is C13H14O5S. The molecule has 19 heavy (non-hydrogen) atoms. The van der Waals surface area contributed by atoms with Crippen molar-refractivity contribution in [2.75, 3.05) is 19.0 Å². The monoisotopic (exact) mass is 282 g/mol. The maximum absolute atomic E-state index is 11.9. The minimum Gasteiger partial charge on any atom is -0.478 e. The van der Waals surface area contributed by atoms with Crippen molar-refractivity contribution in [2.45, 2.75) is 11.3 Å². The molecule has 0 heterocycles. The molecule has 0 aliphatic carbocycles. The summed E-state index contributed by atoms with van der Waals surface area (Å²) in [6.45, 7) is 0.384. The zero-order valence-corrected chi connectivity index (χ0v) is 11.0. The highest BCUT2D eigenvalue weighted by molar-refractivity contribution is 7.91. The molecule has 0 amide bonds. The van der Waals surface area contributed by atoms with Crippen LogP contribution in [0, 0.1) is 12.3 Å². The smallest absolute Gasteiger partial charge is 0.335 e. The Morgan fingerprint density at radius 3 is 2.42 bits per heavy atom. The number of carbonyl (C=O) groups is 1. The van der Waals surface area contributed by atoms with Crippen molar-refractivity contribution in [1.29, 1.82) is 0 Å². The molecule has 0 unspecified atom stereocenters. The molecule has 6 heteroatoms. The van der Waals surface area contributed by atoms with Gasteiger partial charge in [0.25, 0.3) is 0 Å². The number of ether oxygens (including phenoxy) is 1. The van der Waals surface area contributed by atoms with Gasteiger partial charge in [-0.1, -0.05) is 0 Å². The summed E-state index contributed by atoms with van der Waals surface area (Å²) in [7, 11) is -3.46. The van der Waals surface area contributed by atoms with Gasteiger partial charge in [0.15, 0.2) is 9.84 Å². The summed E-state index contributed by atoms with van der Waals surface area (Å²) in [5.74, 6) is 1.13. The maximum Gasteiger partial charge on any atom is 0.335 e. The van der Waals surface area contributed by atoms with Crippen LogP contribution < -0.4 is 0 Å². The van der Waals surface area contributed by atoms with E-state index in [0.717, 1.165) is 0 Å². The highest BCUT2D eigenvalue weighted by atomic mass is 32.2. The molecule has 1 aromatic carbocycles. The Bertz CT molecular complexity index is 566.